The zero-order valence-electron chi connectivity index (χ0n) is 14.8. The summed E-state index contributed by atoms with van der Waals surface area (Å²) in [4.78, 5) is 37.6. The molecule has 3 rings (SSSR count). The van der Waals surface area contributed by atoms with E-state index >= 15 is 0 Å². The Bertz CT molecular complexity index is 879. The molecule has 0 radical (unpaired) electrons. The predicted octanol–water partition coefficient (Wildman–Crippen LogP) is 3.32. The zero-order valence-corrected chi connectivity index (χ0v) is 15.6. The highest BCUT2D eigenvalue weighted by Gasteiger charge is 2.26. The largest absolute Gasteiger partial charge is 0.453 e. The maximum atomic E-state index is 12.3. The molecule has 0 aromatic heterocycles. The van der Waals surface area contributed by atoms with E-state index in [9.17, 15) is 14.4 Å². The summed E-state index contributed by atoms with van der Waals surface area (Å²) in [5.74, 6) is -1.16. The standard InChI is InChI=1S/C20H18N2O4S/c1-27-16-9-7-14(8-10-16)18(23)13-26-20(25)17-11-12-19(24)22(21-17)15-5-3-2-4-6-15/h2-10H,11-13H2,1H3. The van der Waals surface area contributed by atoms with Crippen molar-refractivity contribution in [2.24, 2.45) is 5.10 Å². The highest BCUT2D eigenvalue weighted by molar-refractivity contribution is 7.98. The lowest BCUT2D eigenvalue weighted by Gasteiger charge is -2.22. The number of carbonyl (C=O) groups excluding carboxylic acids is 3. The van der Waals surface area contributed by atoms with Gasteiger partial charge in [0.15, 0.2) is 12.4 Å². The zero-order chi connectivity index (χ0) is 19.2. The molecule has 138 valence electrons. The summed E-state index contributed by atoms with van der Waals surface area (Å²) >= 11 is 1.58. The number of esters is 1. The fourth-order valence-electron chi connectivity index (χ4n) is 2.55. The Balaban J connectivity index is 1.64. The molecule has 0 saturated heterocycles. The van der Waals surface area contributed by atoms with Crippen LogP contribution in [0.15, 0.2) is 64.6 Å². The van der Waals surface area contributed by atoms with Gasteiger partial charge >= 0.3 is 5.97 Å². The molecule has 1 aliphatic rings. The Labute approximate surface area is 161 Å². The molecular weight excluding hydrogens is 364 g/mol. The summed E-state index contributed by atoms with van der Waals surface area (Å²) < 4.78 is 5.11. The van der Waals surface area contributed by atoms with Gasteiger partial charge < -0.3 is 4.74 Å². The molecule has 0 fully saturated rings. The normalized spacial score (nSPS) is 13.9. The van der Waals surface area contributed by atoms with E-state index in [1.807, 2.05) is 24.5 Å². The third-order valence-corrected chi connectivity index (χ3v) is 4.76. The highest BCUT2D eigenvalue weighted by atomic mass is 32.2. The molecule has 1 aliphatic heterocycles. The number of hydrogen-bond donors (Lipinski definition) is 0. The molecule has 7 heteroatoms. The first-order valence-electron chi connectivity index (χ1n) is 8.38. The van der Waals surface area contributed by atoms with E-state index in [-0.39, 0.29) is 36.9 Å². The molecule has 1 heterocycles. The summed E-state index contributed by atoms with van der Waals surface area (Å²) in [5.41, 5.74) is 1.19. The van der Waals surface area contributed by atoms with Crippen LogP contribution >= 0.6 is 11.8 Å². The molecule has 0 aliphatic carbocycles. The molecule has 0 spiro atoms. The molecule has 0 unspecified atom stereocenters. The lowest BCUT2D eigenvalue weighted by atomic mass is 10.1. The van der Waals surface area contributed by atoms with E-state index in [0.717, 1.165) is 4.90 Å². The second-order valence-corrected chi connectivity index (χ2v) is 6.70. The Morgan fingerprint density at radius 3 is 2.44 bits per heavy atom. The van der Waals surface area contributed by atoms with Gasteiger partial charge in [0, 0.05) is 23.3 Å². The number of carbonyl (C=O) groups is 3. The van der Waals surface area contributed by atoms with Crippen LogP contribution in [0.5, 0.6) is 0 Å². The number of hydrazone groups is 1. The maximum Gasteiger partial charge on any atom is 0.354 e. The summed E-state index contributed by atoms with van der Waals surface area (Å²) in [6.45, 7) is -0.365. The maximum absolute atomic E-state index is 12.3. The number of ketones is 1. The number of para-hydroxylation sites is 1. The molecule has 0 N–H and O–H groups in total. The lowest BCUT2D eigenvalue weighted by Crippen LogP contribution is -2.35. The molecular formula is C20H18N2O4S. The first-order chi connectivity index (χ1) is 13.1. The Morgan fingerprint density at radius 1 is 1.07 bits per heavy atom. The second-order valence-electron chi connectivity index (χ2n) is 5.82. The quantitative estimate of drug-likeness (QED) is 0.435. The van der Waals surface area contributed by atoms with E-state index in [2.05, 4.69) is 5.10 Å². The highest BCUT2D eigenvalue weighted by Crippen LogP contribution is 2.20. The first kappa shape index (κ1) is 18.8. The molecule has 2 aromatic carbocycles. The van der Waals surface area contributed by atoms with Gasteiger partial charge in [0.05, 0.1) is 5.69 Å². The molecule has 1 amide bonds. The van der Waals surface area contributed by atoms with Crippen molar-refractivity contribution in [2.75, 3.05) is 17.9 Å². The molecule has 27 heavy (non-hydrogen) atoms. The number of hydrogen-bond acceptors (Lipinski definition) is 6. The van der Waals surface area contributed by atoms with Crippen LogP contribution in [0.1, 0.15) is 23.2 Å². The Kier molecular flexibility index (Phi) is 6.03. The van der Waals surface area contributed by atoms with Gasteiger partial charge in [0.25, 0.3) is 0 Å². The number of amides is 1. The molecule has 0 atom stereocenters. The number of benzene rings is 2. The van der Waals surface area contributed by atoms with Gasteiger partial charge in [-0.25, -0.2) is 9.80 Å². The fourth-order valence-corrected chi connectivity index (χ4v) is 2.95. The van der Waals surface area contributed by atoms with Crippen molar-refractivity contribution < 1.29 is 19.1 Å². The van der Waals surface area contributed by atoms with Crippen molar-refractivity contribution in [3.8, 4) is 0 Å². The van der Waals surface area contributed by atoms with Gasteiger partial charge in [0.2, 0.25) is 5.91 Å². The summed E-state index contributed by atoms with van der Waals surface area (Å²) in [6.07, 6.45) is 2.30. The smallest absolute Gasteiger partial charge is 0.354 e. The van der Waals surface area contributed by atoms with Crippen LogP contribution in [0.25, 0.3) is 0 Å². The van der Waals surface area contributed by atoms with Gasteiger partial charge in [-0.2, -0.15) is 5.10 Å². The predicted molar refractivity (Wildman–Crippen MR) is 104 cm³/mol. The Hall–Kier alpha value is -2.93. The third kappa shape index (κ3) is 4.62. The van der Waals surface area contributed by atoms with Crippen molar-refractivity contribution in [3.05, 3.63) is 60.2 Å². The van der Waals surface area contributed by atoms with E-state index < -0.39 is 5.97 Å². The van der Waals surface area contributed by atoms with Crippen LogP contribution in [0.3, 0.4) is 0 Å². The van der Waals surface area contributed by atoms with E-state index in [1.54, 1.807) is 48.2 Å². The van der Waals surface area contributed by atoms with Crippen molar-refractivity contribution in [3.63, 3.8) is 0 Å². The molecule has 6 nitrogen and oxygen atoms in total. The summed E-state index contributed by atoms with van der Waals surface area (Å²) in [7, 11) is 0. The first-order valence-corrected chi connectivity index (χ1v) is 9.61. The van der Waals surface area contributed by atoms with E-state index in [0.29, 0.717) is 11.3 Å². The minimum atomic E-state index is -0.683. The van der Waals surface area contributed by atoms with Crippen LogP contribution in [0, 0.1) is 0 Å². The number of rotatable bonds is 6. The lowest BCUT2D eigenvalue weighted by molar-refractivity contribution is -0.134. The minimum Gasteiger partial charge on any atom is -0.453 e. The van der Waals surface area contributed by atoms with Crippen molar-refractivity contribution in [1.82, 2.24) is 0 Å². The van der Waals surface area contributed by atoms with Crippen molar-refractivity contribution in [2.45, 2.75) is 17.7 Å². The topological polar surface area (TPSA) is 76.0 Å². The third-order valence-electron chi connectivity index (χ3n) is 4.02. The van der Waals surface area contributed by atoms with Crippen LogP contribution in [0.4, 0.5) is 5.69 Å². The van der Waals surface area contributed by atoms with Crippen LogP contribution in [-0.2, 0) is 14.3 Å². The second kappa shape index (κ2) is 8.64. The van der Waals surface area contributed by atoms with Crippen LogP contribution in [0.2, 0.25) is 0 Å². The van der Waals surface area contributed by atoms with Gasteiger partial charge in [-0.05, 0) is 30.5 Å². The number of thioether (sulfide) groups is 1. The van der Waals surface area contributed by atoms with Gasteiger partial charge in [-0.1, -0.05) is 30.3 Å². The van der Waals surface area contributed by atoms with Crippen LogP contribution < -0.4 is 5.01 Å². The number of anilines is 1. The van der Waals surface area contributed by atoms with E-state index in [4.69, 9.17) is 4.74 Å². The molecule has 0 bridgehead atoms. The monoisotopic (exact) mass is 382 g/mol. The average molecular weight is 382 g/mol. The number of ether oxygens (including phenoxy) is 1. The van der Waals surface area contributed by atoms with Crippen molar-refractivity contribution in [1.29, 1.82) is 0 Å². The van der Waals surface area contributed by atoms with Gasteiger partial charge in [0.1, 0.15) is 5.71 Å². The summed E-state index contributed by atoms with van der Waals surface area (Å²) in [5, 5.41) is 5.32. The van der Waals surface area contributed by atoms with E-state index in [1.165, 1.54) is 5.01 Å². The minimum absolute atomic E-state index is 0.129. The van der Waals surface area contributed by atoms with Crippen LogP contribution in [-0.4, -0.2) is 36.2 Å². The van der Waals surface area contributed by atoms with Gasteiger partial charge in [-0.15, -0.1) is 11.8 Å². The number of nitrogens with zero attached hydrogens (tertiary/aromatic N) is 2. The molecule has 0 saturated carbocycles. The summed E-state index contributed by atoms with van der Waals surface area (Å²) in [6, 6.07) is 16.0. The Morgan fingerprint density at radius 2 is 1.78 bits per heavy atom. The number of Topliss-reactive ketones (excluding diaryl/α,β-unsaturated/α-hetero) is 1. The SMILES string of the molecule is CSc1ccc(C(=O)COC(=O)C2=NN(c3ccccc3)C(=O)CC2)cc1. The van der Waals surface area contributed by atoms with Crippen molar-refractivity contribution >= 4 is 40.8 Å². The fraction of sp³-hybridized carbons (Fsp3) is 0.200. The van der Waals surface area contributed by atoms with Gasteiger partial charge in [-0.3, -0.25) is 9.59 Å². The molecule has 2 aromatic rings. The average Bonchev–Trinajstić information content (AvgIpc) is 2.72.